The van der Waals surface area contributed by atoms with Gasteiger partial charge in [-0.3, -0.25) is 0 Å². The number of carbonyl (C=O) groups excluding carboxylic acids is 1. The van der Waals surface area contributed by atoms with Gasteiger partial charge in [0.2, 0.25) is 0 Å². The molecule has 4 N–H and O–H groups in total. The Morgan fingerprint density at radius 2 is 1.84 bits per heavy atom. The van der Waals surface area contributed by atoms with Gasteiger partial charge < -0.3 is 16.4 Å². The molecule has 3 aromatic rings. The molecule has 2 heterocycles. The van der Waals surface area contributed by atoms with Gasteiger partial charge in [0, 0.05) is 34.5 Å². The maximum atomic E-state index is 13.2. The summed E-state index contributed by atoms with van der Waals surface area (Å²) in [6, 6.07) is 13.7. The first-order valence-electron chi connectivity index (χ1n) is 11.4. The lowest BCUT2D eigenvalue weighted by molar-refractivity contribution is -0.137. The van der Waals surface area contributed by atoms with Crippen LogP contribution >= 0.6 is 11.8 Å². The van der Waals surface area contributed by atoms with Gasteiger partial charge in [-0.1, -0.05) is 30.8 Å². The van der Waals surface area contributed by atoms with Crippen LogP contribution in [0.15, 0.2) is 93.9 Å². The molecule has 0 aliphatic carbocycles. The molecule has 6 nitrogen and oxygen atoms in total. The lowest BCUT2D eigenvalue weighted by Gasteiger charge is -2.13. The summed E-state index contributed by atoms with van der Waals surface area (Å²) in [4.78, 5) is 22.3. The number of rotatable bonds is 6. The lowest BCUT2D eigenvalue weighted by Crippen LogP contribution is -2.20. The average Bonchev–Trinajstić information content (AvgIpc) is 3.09. The maximum absolute atomic E-state index is 13.2. The van der Waals surface area contributed by atoms with Crippen LogP contribution in [-0.4, -0.2) is 16.9 Å². The number of aliphatic imine (C=N–C) groups is 1. The molecule has 190 valence electrons. The van der Waals surface area contributed by atoms with Crippen LogP contribution in [0.2, 0.25) is 0 Å². The van der Waals surface area contributed by atoms with Crippen LogP contribution in [0.3, 0.4) is 0 Å². The van der Waals surface area contributed by atoms with Gasteiger partial charge in [0.05, 0.1) is 11.3 Å². The number of anilines is 2. The highest BCUT2D eigenvalue weighted by molar-refractivity contribution is 7.99. The number of hydrogen-bond acceptors (Lipinski definition) is 5. The number of amidine groups is 1. The molecule has 0 radical (unpaired) electrons. The molecule has 10 heteroatoms. The Balaban J connectivity index is 1.44. The summed E-state index contributed by atoms with van der Waals surface area (Å²) in [5, 5.41) is 5.88. The van der Waals surface area contributed by atoms with Crippen LogP contribution in [0.5, 0.6) is 0 Å². The molecule has 1 aliphatic rings. The number of carbonyl (C=O) groups is 1. The molecule has 37 heavy (non-hydrogen) atoms. The van der Waals surface area contributed by atoms with Gasteiger partial charge in [0.15, 0.2) is 0 Å². The van der Waals surface area contributed by atoms with Crippen LogP contribution in [0.4, 0.5) is 29.3 Å². The minimum Gasteiger partial charge on any atom is -0.387 e. The normalized spacial score (nSPS) is 13.4. The van der Waals surface area contributed by atoms with E-state index >= 15 is 0 Å². The molecular weight excluding hydrogens is 499 g/mol. The van der Waals surface area contributed by atoms with E-state index < -0.39 is 17.8 Å². The molecule has 1 aromatic heterocycles. The van der Waals surface area contributed by atoms with Gasteiger partial charge in [-0.25, -0.2) is 14.8 Å². The van der Waals surface area contributed by atoms with Crippen LogP contribution in [-0.2, 0) is 12.6 Å². The van der Waals surface area contributed by atoms with E-state index in [9.17, 15) is 18.0 Å². The molecule has 0 fully saturated rings. The fourth-order valence-corrected chi connectivity index (χ4v) is 4.44. The van der Waals surface area contributed by atoms with Crippen molar-refractivity contribution in [3.8, 4) is 0 Å². The first-order valence-corrected chi connectivity index (χ1v) is 12.3. The fourth-order valence-electron chi connectivity index (χ4n) is 3.55. The maximum Gasteiger partial charge on any atom is 0.416 e. The zero-order valence-electron chi connectivity index (χ0n) is 19.8. The summed E-state index contributed by atoms with van der Waals surface area (Å²) in [5.41, 5.74) is 7.75. The standard InChI is InChI=1S/C27H24F3N5OS/c1-2-17-14-18(27(28,29)30)16-20(15-17)34-26(36)33-19-9-11-21(12-10-19)37-25-22(6-5-13-32-25)23-7-3-4-8-24(31)35-23/h3-7,9-16H,2,8H2,1H3,(H2,31,35)(H2,33,34,36). The van der Waals surface area contributed by atoms with Gasteiger partial charge in [0.1, 0.15) is 10.9 Å². The number of benzene rings is 2. The Morgan fingerprint density at radius 1 is 1.08 bits per heavy atom. The number of hydrogen-bond donors (Lipinski definition) is 3. The van der Waals surface area contributed by atoms with Gasteiger partial charge in [-0.15, -0.1) is 0 Å². The van der Waals surface area contributed by atoms with Crippen molar-refractivity contribution < 1.29 is 18.0 Å². The molecular formula is C27H24F3N5OS. The zero-order valence-corrected chi connectivity index (χ0v) is 20.7. The fraction of sp³-hybridized carbons (Fsp3) is 0.148. The van der Waals surface area contributed by atoms with Gasteiger partial charge in [-0.2, -0.15) is 13.2 Å². The van der Waals surface area contributed by atoms with Crippen LogP contribution in [0, 0.1) is 0 Å². The molecule has 0 bridgehead atoms. The molecule has 0 saturated heterocycles. The number of aryl methyl sites for hydroxylation is 1. The van der Waals surface area contributed by atoms with Crippen molar-refractivity contribution in [2.24, 2.45) is 10.7 Å². The zero-order chi connectivity index (χ0) is 26.4. The second kappa shape index (κ2) is 11.3. The summed E-state index contributed by atoms with van der Waals surface area (Å²) >= 11 is 1.43. The van der Waals surface area contributed by atoms with E-state index in [0.717, 1.165) is 33.3 Å². The molecule has 0 unspecified atom stereocenters. The summed E-state index contributed by atoms with van der Waals surface area (Å²) in [7, 11) is 0. The van der Waals surface area contributed by atoms with Crippen molar-refractivity contribution in [3.63, 3.8) is 0 Å². The van der Waals surface area contributed by atoms with E-state index in [1.165, 1.54) is 17.8 Å². The Morgan fingerprint density at radius 3 is 2.57 bits per heavy atom. The topological polar surface area (TPSA) is 92.4 Å². The average molecular weight is 524 g/mol. The van der Waals surface area contributed by atoms with Gasteiger partial charge in [-0.05, 0) is 72.7 Å². The number of urea groups is 1. The lowest BCUT2D eigenvalue weighted by atomic mass is 10.1. The largest absolute Gasteiger partial charge is 0.416 e. The third-order valence-corrected chi connectivity index (χ3v) is 6.37. The Bertz CT molecular complexity index is 1380. The van der Waals surface area contributed by atoms with E-state index in [1.807, 2.05) is 42.5 Å². The molecule has 0 saturated carbocycles. The molecule has 2 amide bonds. The third-order valence-electron chi connectivity index (χ3n) is 5.34. The molecule has 4 rings (SSSR count). The van der Waals surface area contributed by atoms with Crippen molar-refractivity contribution in [1.82, 2.24) is 4.98 Å². The first-order chi connectivity index (χ1) is 17.7. The number of alkyl halides is 3. The van der Waals surface area contributed by atoms with Gasteiger partial charge >= 0.3 is 12.2 Å². The van der Waals surface area contributed by atoms with Crippen molar-refractivity contribution >= 4 is 40.7 Å². The summed E-state index contributed by atoms with van der Waals surface area (Å²) in [6.45, 7) is 1.75. The summed E-state index contributed by atoms with van der Waals surface area (Å²) < 4.78 is 39.5. The second-order valence-electron chi connectivity index (χ2n) is 8.12. The Kier molecular flexibility index (Phi) is 7.98. The number of amides is 2. The molecule has 0 atom stereocenters. The van der Waals surface area contributed by atoms with Gasteiger partial charge in [0.25, 0.3) is 0 Å². The Hall–Kier alpha value is -4.05. The minimum atomic E-state index is -4.50. The highest BCUT2D eigenvalue weighted by atomic mass is 32.2. The van der Waals surface area contributed by atoms with Crippen LogP contribution in [0.1, 0.15) is 30.0 Å². The number of nitrogens with two attached hydrogens (primary N) is 1. The minimum absolute atomic E-state index is 0.0741. The smallest absolute Gasteiger partial charge is 0.387 e. The second-order valence-corrected chi connectivity index (χ2v) is 9.18. The number of nitrogens with one attached hydrogen (secondary N) is 2. The van der Waals surface area contributed by atoms with E-state index in [-0.39, 0.29) is 5.69 Å². The monoisotopic (exact) mass is 523 g/mol. The number of halogens is 3. The number of pyridine rings is 1. The molecule has 2 aromatic carbocycles. The molecule has 1 aliphatic heterocycles. The molecule has 0 spiro atoms. The number of aromatic nitrogens is 1. The summed E-state index contributed by atoms with van der Waals surface area (Å²) in [5.74, 6) is 0.518. The van der Waals surface area contributed by atoms with E-state index in [1.54, 1.807) is 25.3 Å². The Labute approximate surface area is 216 Å². The van der Waals surface area contributed by atoms with Crippen molar-refractivity contribution in [3.05, 3.63) is 95.7 Å². The number of allylic oxidation sites excluding steroid dienone is 2. The van der Waals surface area contributed by atoms with E-state index in [2.05, 4.69) is 20.6 Å². The van der Waals surface area contributed by atoms with Crippen molar-refractivity contribution in [2.75, 3.05) is 10.6 Å². The van der Waals surface area contributed by atoms with Crippen molar-refractivity contribution in [2.45, 2.75) is 35.9 Å². The highest BCUT2D eigenvalue weighted by Crippen LogP contribution is 2.34. The van der Waals surface area contributed by atoms with E-state index in [0.29, 0.717) is 29.9 Å². The highest BCUT2D eigenvalue weighted by Gasteiger charge is 2.31. The predicted molar refractivity (Wildman–Crippen MR) is 142 cm³/mol. The first kappa shape index (κ1) is 26.0. The van der Waals surface area contributed by atoms with Crippen molar-refractivity contribution in [1.29, 1.82) is 0 Å². The van der Waals surface area contributed by atoms with Crippen LogP contribution in [0.25, 0.3) is 5.70 Å². The quantitative estimate of drug-likeness (QED) is 0.321. The predicted octanol–water partition coefficient (Wildman–Crippen LogP) is 7.12. The summed E-state index contributed by atoms with van der Waals surface area (Å²) in [6.07, 6.45) is 3.93. The third kappa shape index (κ3) is 7.01. The van der Waals surface area contributed by atoms with E-state index in [4.69, 9.17) is 5.73 Å². The van der Waals surface area contributed by atoms with Crippen LogP contribution < -0.4 is 16.4 Å². The number of nitrogens with zero attached hydrogens (tertiary/aromatic N) is 2. The SMILES string of the molecule is CCc1cc(NC(=O)Nc2ccc(Sc3ncccc3C3=CC=CCC(N)=N3)cc2)cc(C(F)(F)F)c1.